The molecule has 0 aliphatic carbocycles. The zero-order chi connectivity index (χ0) is 11.4. The highest BCUT2D eigenvalue weighted by Gasteiger charge is 2.01. The molecule has 1 aromatic heterocycles. The lowest BCUT2D eigenvalue weighted by atomic mass is 10.3. The van der Waals surface area contributed by atoms with E-state index in [0.717, 1.165) is 17.1 Å². The van der Waals surface area contributed by atoms with E-state index >= 15 is 0 Å². The van der Waals surface area contributed by atoms with Gasteiger partial charge >= 0.3 is 0 Å². The second kappa shape index (κ2) is 4.61. The Balaban J connectivity index is 2.12. The van der Waals surface area contributed by atoms with Crippen LogP contribution in [-0.2, 0) is 7.05 Å². The number of hydrogen-bond acceptors (Lipinski definition) is 3. The molecule has 82 valence electrons. The van der Waals surface area contributed by atoms with Crippen molar-refractivity contribution in [2.24, 2.45) is 12.1 Å². The Bertz CT molecular complexity index is 485. The van der Waals surface area contributed by atoms with Crippen LogP contribution in [0.15, 0.2) is 48.0 Å². The molecule has 2 aromatic rings. The van der Waals surface area contributed by atoms with Gasteiger partial charge in [0.1, 0.15) is 0 Å². The Morgan fingerprint density at radius 2 is 2.06 bits per heavy atom. The number of benzene rings is 1. The molecule has 0 saturated heterocycles. The molecule has 1 N–H and O–H groups in total. The number of hydrazone groups is 1. The number of para-hydroxylation sites is 1. The van der Waals surface area contributed by atoms with Gasteiger partial charge in [0, 0.05) is 7.05 Å². The van der Waals surface area contributed by atoms with Crippen LogP contribution in [0.2, 0.25) is 0 Å². The van der Waals surface area contributed by atoms with E-state index in [1.807, 2.05) is 48.9 Å². The fourth-order valence-corrected chi connectivity index (χ4v) is 1.42. The van der Waals surface area contributed by atoms with E-state index in [1.165, 1.54) is 0 Å². The molecule has 0 bridgehead atoms. The van der Waals surface area contributed by atoms with Crippen LogP contribution in [0.5, 0.6) is 0 Å². The van der Waals surface area contributed by atoms with E-state index in [4.69, 9.17) is 0 Å². The van der Waals surface area contributed by atoms with Crippen molar-refractivity contribution in [3.05, 3.63) is 48.5 Å². The first-order chi connectivity index (χ1) is 7.77. The van der Waals surface area contributed by atoms with Gasteiger partial charge in [-0.1, -0.05) is 18.2 Å². The molecule has 0 radical (unpaired) electrons. The van der Waals surface area contributed by atoms with Gasteiger partial charge in [-0.25, -0.2) is 4.98 Å². The van der Waals surface area contributed by atoms with Crippen LogP contribution in [0.25, 0.3) is 0 Å². The third kappa shape index (κ3) is 2.28. The average Bonchev–Trinajstić information content (AvgIpc) is 2.74. The zero-order valence-electron chi connectivity index (χ0n) is 9.38. The van der Waals surface area contributed by atoms with Gasteiger partial charge in [-0.2, -0.15) is 5.10 Å². The van der Waals surface area contributed by atoms with Gasteiger partial charge in [0.05, 0.1) is 29.6 Å². The van der Waals surface area contributed by atoms with Crippen molar-refractivity contribution >= 4 is 11.4 Å². The van der Waals surface area contributed by atoms with E-state index in [0.29, 0.717) is 0 Å². The molecule has 2 rings (SSSR count). The SMILES string of the molecule is C/C(=N\Nc1ccccc1)c1cncn1C. The van der Waals surface area contributed by atoms with Gasteiger partial charge in [-0.15, -0.1) is 0 Å². The van der Waals surface area contributed by atoms with E-state index in [9.17, 15) is 0 Å². The highest BCUT2D eigenvalue weighted by molar-refractivity contribution is 5.97. The van der Waals surface area contributed by atoms with E-state index in [1.54, 1.807) is 12.5 Å². The Labute approximate surface area is 94.6 Å². The van der Waals surface area contributed by atoms with Crippen LogP contribution in [-0.4, -0.2) is 15.3 Å². The quantitative estimate of drug-likeness (QED) is 0.629. The van der Waals surface area contributed by atoms with Crippen LogP contribution < -0.4 is 5.43 Å². The summed E-state index contributed by atoms with van der Waals surface area (Å²) in [5.74, 6) is 0. The van der Waals surface area contributed by atoms with Gasteiger partial charge in [0.25, 0.3) is 0 Å². The molecular formula is C12H14N4. The van der Waals surface area contributed by atoms with Gasteiger partial charge in [-0.05, 0) is 19.1 Å². The first kappa shape index (κ1) is 10.4. The maximum absolute atomic E-state index is 4.30. The Hall–Kier alpha value is -2.10. The number of aromatic nitrogens is 2. The number of hydrogen-bond donors (Lipinski definition) is 1. The first-order valence-corrected chi connectivity index (χ1v) is 5.09. The number of rotatable bonds is 3. The predicted octanol–water partition coefficient (Wildman–Crippen LogP) is 2.26. The zero-order valence-corrected chi connectivity index (χ0v) is 9.38. The smallest absolute Gasteiger partial charge is 0.0948 e. The van der Waals surface area contributed by atoms with Crippen molar-refractivity contribution in [3.8, 4) is 0 Å². The predicted molar refractivity (Wildman–Crippen MR) is 65.5 cm³/mol. The molecule has 1 heterocycles. The molecule has 0 spiro atoms. The molecule has 0 unspecified atom stereocenters. The largest absolute Gasteiger partial charge is 0.333 e. The summed E-state index contributed by atoms with van der Waals surface area (Å²) in [7, 11) is 1.95. The average molecular weight is 214 g/mol. The van der Waals surface area contributed by atoms with Crippen molar-refractivity contribution in [2.75, 3.05) is 5.43 Å². The summed E-state index contributed by atoms with van der Waals surface area (Å²) in [5, 5.41) is 4.30. The molecule has 0 amide bonds. The van der Waals surface area contributed by atoms with Crippen molar-refractivity contribution in [2.45, 2.75) is 6.92 Å². The lowest BCUT2D eigenvalue weighted by Gasteiger charge is -2.03. The Kier molecular flexibility index (Phi) is 3.00. The highest BCUT2D eigenvalue weighted by atomic mass is 15.3. The minimum atomic E-state index is 0.906. The van der Waals surface area contributed by atoms with Crippen molar-refractivity contribution in [3.63, 3.8) is 0 Å². The second-order valence-corrected chi connectivity index (χ2v) is 3.56. The van der Waals surface area contributed by atoms with Crippen molar-refractivity contribution in [1.82, 2.24) is 9.55 Å². The summed E-state index contributed by atoms with van der Waals surface area (Å²) in [6, 6.07) is 9.86. The number of anilines is 1. The molecule has 4 heteroatoms. The number of nitrogens with zero attached hydrogens (tertiary/aromatic N) is 3. The van der Waals surface area contributed by atoms with E-state index in [2.05, 4.69) is 15.5 Å². The molecule has 0 atom stereocenters. The van der Waals surface area contributed by atoms with Gasteiger partial charge in [-0.3, -0.25) is 5.43 Å². The normalized spacial score (nSPS) is 11.5. The van der Waals surface area contributed by atoms with Gasteiger partial charge in [0.2, 0.25) is 0 Å². The topological polar surface area (TPSA) is 42.2 Å². The standard InChI is InChI=1S/C12H14N4/c1-10(12-8-13-9-16(12)2)14-15-11-6-4-3-5-7-11/h3-9,15H,1-2H3/b14-10+. The summed E-state index contributed by atoms with van der Waals surface area (Å²) in [5.41, 5.74) is 5.89. The molecule has 0 saturated carbocycles. The van der Waals surface area contributed by atoms with Crippen LogP contribution in [0.1, 0.15) is 12.6 Å². The van der Waals surface area contributed by atoms with Crippen molar-refractivity contribution in [1.29, 1.82) is 0 Å². The highest BCUT2D eigenvalue weighted by Crippen LogP contribution is 2.06. The molecular weight excluding hydrogens is 200 g/mol. The summed E-state index contributed by atoms with van der Waals surface area (Å²) in [4.78, 5) is 4.05. The molecule has 0 aliphatic rings. The summed E-state index contributed by atoms with van der Waals surface area (Å²) < 4.78 is 1.94. The van der Waals surface area contributed by atoms with Crippen LogP contribution in [0.3, 0.4) is 0 Å². The monoisotopic (exact) mass is 214 g/mol. The molecule has 16 heavy (non-hydrogen) atoms. The minimum Gasteiger partial charge on any atom is -0.333 e. The second-order valence-electron chi connectivity index (χ2n) is 3.56. The number of aryl methyl sites for hydroxylation is 1. The lowest BCUT2D eigenvalue weighted by Crippen LogP contribution is -2.04. The molecule has 4 nitrogen and oxygen atoms in total. The summed E-state index contributed by atoms with van der Waals surface area (Å²) >= 11 is 0. The van der Waals surface area contributed by atoms with Crippen LogP contribution >= 0.6 is 0 Å². The molecule has 1 aromatic carbocycles. The third-order valence-corrected chi connectivity index (χ3v) is 2.31. The lowest BCUT2D eigenvalue weighted by molar-refractivity contribution is 0.900. The summed E-state index contributed by atoms with van der Waals surface area (Å²) in [6.45, 7) is 1.95. The third-order valence-electron chi connectivity index (χ3n) is 2.31. The number of nitrogens with one attached hydrogen (secondary N) is 1. The van der Waals surface area contributed by atoms with Gasteiger partial charge < -0.3 is 4.57 Å². The van der Waals surface area contributed by atoms with Crippen LogP contribution in [0.4, 0.5) is 5.69 Å². The minimum absolute atomic E-state index is 0.906. The fourth-order valence-electron chi connectivity index (χ4n) is 1.42. The van der Waals surface area contributed by atoms with E-state index < -0.39 is 0 Å². The molecule has 0 fully saturated rings. The number of imidazole rings is 1. The first-order valence-electron chi connectivity index (χ1n) is 5.09. The molecule has 0 aliphatic heterocycles. The van der Waals surface area contributed by atoms with Crippen molar-refractivity contribution < 1.29 is 0 Å². The Morgan fingerprint density at radius 1 is 1.31 bits per heavy atom. The van der Waals surface area contributed by atoms with Crippen LogP contribution in [0, 0.1) is 0 Å². The van der Waals surface area contributed by atoms with E-state index in [-0.39, 0.29) is 0 Å². The fraction of sp³-hybridized carbons (Fsp3) is 0.167. The van der Waals surface area contributed by atoms with Gasteiger partial charge in [0.15, 0.2) is 0 Å². The maximum atomic E-state index is 4.30. The Morgan fingerprint density at radius 3 is 2.69 bits per heavy atom. The summed E-state index contributed by atoms with van der Waals surface area (Å²) in [6.07, 6.45) is 3.56. The maximum Gasteiger partial charge on any atom is 0.0948 e.